The summed E-state index contributed by atoms with van der Waals surface area (Å²) >= 11 is 0. The van der Waals surface area contributed by atoms with Gasteiger partial charge in [0.2, 0.25) is 0 Å². The lowest BCUT2D eigenvalue weighted by atomic mass is 10.00. The van der Waals surface area contributed by atoms with Gasteiger partial charge in [-0.25, -0.2) is 8.78 Å². The van der Waals surface area contributed by atoms with Crippen LogP contribution in [0, 0.1) is 0 Å². The highest BCUT2D eigenvalue weighted by atomic mass is 19.3. The average Bonchev–Trinajstić information content (AvgIpc) is 2.39. The molecular weight excluding hydrogens is 236 g/mol. The van der Waals surface area contributed by atoms with Crippen LogP contribution in [0.2, 0.25) is 0 Å². The standard InChI is InChI=1S/C14H15F2NO/c1-10(11-5-3-2-4-6-11)17-8-7-12(18)9-13(17)14(15)16/h2-8,10,13-14H,9H2,1H3/t10-,13?/m1/s1. The van der Waals surface area contributed by atoms with E-state index in [4.69, 9.17) is 0 Å². The Morgan fingerprint density at radius 3 is 2.56 bits per heavy atom. The molecule has 0 radical (unpaired) electrons. The summed E-state index contributed by atoms with van der Waals surface area (Å²) in [6.45, 7) is 1.87. The van der Waals surface area contributed by atoms with Gasteiger partial charge >= 0.3 is 0 Å². The Bertz CT molecular complexity index is 444. The molecule has 0 aromatic heterocycles. The van der Waals surface area contributed by atoms with E-state index in [-0.39, 0.29) is 18.2 Å². The molecule has 96 valence electrons. The van der Waals surface area contributed by atoms with Crippen LogP contribution in [0.25, 0.3) is 0 Å². The van der Waals surface area contributed by atoms with Crippen molar-refractivity contribution < 1.29 is 13.6 Å². The molecule has 2 rings (SSSR count). The van der Waals surface area contributed by atoms with Crippen LogP contribution in [-0.4, -0.2) is 23.2 Å². The Hall–Kier alpha value is -1.71. The highest BCUT2D eigenvalue weighted by molar-refractivity contribution is 5.90. The summed E-state index contributed by atoms with van der Waals surface area (Å²) in [5, 5.41) is 0. The summed E-state index contributed by atoms with van der Waals surface area (Å²) in [7, 11) is 0. The number of benzene rings is 1. The van der Waals surface area contributed by atoms with Gasteiger partial charge in [-0.2, -0.15) is 0 Å². The maximum absolute atomic E-state index is 13.0. The van der Waals surface area contributed by atoms with E-state index in [9.17, 15) is 13.6 Å². The average molecular weight is 251 g/mol. The third-order valence-corrected chi connectivity index (χ3v) is 3.25. The number of nitrogens with zero attached hydrogens (tertiary/aromatic N) is 1. The van der Waals surface area contributed by atoms with Crippen LogP contribution >= 0.6 is 0 Å². The minimum atomic E-state index is -2.52. The highest BCUT2D eigenvalue weighted by Crippen LogP contribution is 2.29. The molecule has 2 atom stereocenters. The van der Waals surface area contributed by atoms with E-state index in [0.29, 0.717) is 0 Å². The Morgan fingerprint density at radius 2 is 1.94 bits per heavy atom. The zero-order valence-corrected chi connectivity index (χ0v) is 10.1. The molecule has 4 heteroatoms. The number of carbonyl (C=O) groups is 1. The molecular formula is C14H15F2NO. The van der Waals surface area contributed by atoms with Crippen LogP contribution in [0.4, 0.5) is 8.78 Å². The first-order valence-corrected chi connectivity index (χ1v) is 5.91. The highest BCUT2D eigenvalue weighted by Gasteiger charge is 2.33. The predicted octanol–water partition coefficient (Wildman–Crippen LogP) is 3.17. The van der Waals surface area contributed by atoms with Gasteiger partial charge < -0.3 is 4.90 Å². The number of ketones is 1. The second-order valence-electron chi connectivity index (χ2n) is 4.42. The fourth-order valence-electron chi connectivity index (χ4n) is 2.20. The van der Waals surface area contributed by atoms with Gasteiger partial charge in [0.05, 0.1) is 12.1 Å². The minimum Gasteiger partial charge on any atom is -0.361 e. The van der Waals surface area contributed by atoms with Crippen molar-refractivity contribution in [3.8, 4) is 0 Å². The number of carbonyl (C=O) groups excluding carboxylic acids is 1. The van der Waals surface area contributed by atoms with Gasteiger partial charge in [0.15, 0.2) is 5.78 Å². The zero-order chi connectivity index (χ0) is 13.1. The smallest absolute Gasteiger partial charge is 0.259 e. The van der Waals surface area contributed by atoms with Crippen molar-refractivity contribution in [2.24, 2.45) is 0 Å². The normalized spacial score (nSPS) is 21.4. The van der Waals surface area contributed by atoms with Crippen LogP contribution < -0.4 is 0 Å². The van der Waals surface area contributed by atoms with Gasteiger partial charge in [0.25, 0.3) is 6.43 Å². The maximum atomic E-state index is 13.0. The van der Waals surface area contributed by atoms with Crippen LogP contribution in [0.15, 0.2) is 42.6 Å². The van der Waals surface area contributed by atoms with Crippen LogP contribution in [0.5, 0.6) is 0 Å². The van der Waals surface area contributed by atoms with E-state index in [1.165, 1.54) is 12.3 Å². The van der Waals surface area contributed by atoms with Crippen molar-refractivity contribution in [1.29, 1.82) is 0 Å². The largest absolute Gasteiger partial charge is 0.361 e. The first kappa shape index (κ1) is 12.7. The van der Waals surface area contributed by atoms with Crippen molar-refractivity contribution in [2.45, 2.75) is 31.9 Å². The second kappa shape index (κ2) is 5.29. The number of halogens is 2. The van der Waals surface area contributed by atoms with Gasteiger partial charge in [-0.05, 0) is 18.6 Å². The molecule has 1 unspecified atom stereocenters. The van der Waals surface area contributed by atoms with Crippen LogP contribution in [0.1, 0.15) is 24.9 Å². The zero-order valence-electron chi connectivity index (χ0n) is 10.1. The van der Waals surface area contributed by atoms with E-state index in [1.807, 2.05) is 37.3 Å². The number of rotatable bonds is 3. The van der Waals surface area contributed by atoms with Crippen LogP contribution in [-0.2, 0) is 4.79 Å². The minimum absolute atomic E-state index is 0.120. The SMILES string of the molecule is C[C@H](c1ccccc1)N1C=CC(=O)CC1C(F)F. The lowest BCUT2D eigenvalue weighted by molar-refractivity contribution is -0.118. The summed E-state index contributed by atoms with van der Waals surface area (Å²) in [5.74, 6) is -0.239. The molecule has 1 heterocycles. The van der Waals surface area contributed by atoms with Crippen LogP contribution in [0.3, 0.4) is 0 Å². The molecule has 1 aromatic carbocycles. The molecule has 18 heavy (non-hydrogen) atoms. The lowest BCUT2D eigenvalue weighted by Crippen LogP contribution is -2.42. The van der Waals surface area contributed by atoms with Crippen molar-refractivity contribution in [3.63, 3.8) is 0 Å². The predicted molar refractivity (Wildman–Crippen MR) is 65.3 cm³/mol. The van der Waals surface area contributed by atoms with E-state index < -0.39 is 12.5 Å². The number of alkyl halides is 2. The second-order valence-corrected chi connectivity index (χ2v) is 4.42. The first-order valence-electron chi connectivity index (χ1n) is 5.91. The summed E-state index contributed by atoms with van der Waals surface area (Å²) < 4.78 is 26.0. The molecule has 0 saturated carbocycles. The number of hydrogen-bond acceptors (Lipinski definition) is 2. The maximum Gasteiger partial charge on any atom is 0.259 e. The van der Waals surface area contributed by atoms with Gasteiger partial charge in [0.1, 0.15) is 0 Å². The van der Waals surface area contributed by atoms with Crippen molar-refractivity contribution in [2.75, 3.05) is 0 Å². The lowest BCUT2D eigenvalue weighted by Gasteiger charge is -2.37. The topological polar surface area (TPSA) is 20.3 Å². The van der Waals surface area contributed by atoms with Crippen molar-refractivity contribution in [3.05, 3.63) is 48.2 Å². The van der Waals surface area contributed by atoms with Gasteiger partial charge in [-0.3, -0.25) is 4.79 Å². The summed E-state index contributed by atoms with van der Waals surface area (Å²) in [5.41, 5.74) is 0.960. The molecule has 0 fully saturated rings. The third-order valence-electron chi connectivity index (χ3n) is 3.25. The van der Waals surface area contributed by atoms with E-state index in [1.54, 1.807) is 4.90 Å². The van der Waals surface area contributed by atoms with Crippen molar-refractivity contribution in [1.82, 2.24) is 4.90 Å². The molecule has 0 N–H and O–H groups in total. The van der Waals surface area contributed by atoms with E-state index in [2.05, 4.69) is 0 Å². The molecule has 0 bridgehead atoms. The quantitative estimate of drug-likeness (QED) is 0.822. The van der Waals surface area contributed by atoms with Gasteiger partial charge in [-0.1, -0.05) is 30.3 Å². The molecule has 1 aromatic rings. The van der Waals surface area contributed by atoms with Gasteiger partial charge in [0, 0.05) is 12.6 Å². The Kier molecular flexibility index (Phi) is 3.75. The third kappa shape index (κ3) is 2.58. The Labute approximate surface area is 105 Å². The number of allylic oxidation sites excluding steroid dienone is 1. The summed E-state index contributed by atoms with van der Waals surface area (Å²) in [6, 6.07) is 8.24. The summed E-state index contributed by atoms with van der Waals surface area (Å²) in [4.78, 5) is 12.8. The molecule has 1 aliphatic rings. The molecule has 0 amide bonds. The van der Waals surface area contributed by atoms with Gasteiger partial charge in [-0.15, -0.1) is 0 Å². The molecule has 0 aliphatic carbocycles. The molecule has 1 aliphatic heterocycles. The molecule has 0 spiro atoms. The molecule has 2 nitrogen and oxygen atoms in total. The van der Waals surface area contributed by atoms with E-state index in [0.717, 1.165) is 5.56 Å². The molecule has 0 saturated heterocycles. The van der Waals surface area contributed by atoms with E-state index >= 15 is 0 Å². The fraction of sp³-hybridized carbons (Fsp3) is 0.357. The summed E-state index contributed by atoms with van der Waals surface area (Å²) in [6.07, 6.45) is 0.217. The monoisotopic (exact) mass is 251 g/mol. The fourth-order valence-corrected chi connectivity index (χ4v) is 2.20. The Balaban J connectivity index is 2.25. The first-order chi connectivity index (χ1) is 8.59. The van der Waals surface area contributed by atoms with Crippen molar-refractivity contribution >= 4 is 5.78 Å². The Morgan fingerprint density at radius 1 is 1.28 bits per heavy atom. The number of hydrogen-bond donors (Lipinski definition) is 0.